The molecule has 1 aliphatic rings. The Kier molecular flexibility index (Phi) is 17.7. The molecule has 1 saturated heterocycles. The van der Waals surface area contributed by atoms with Crippen molar-refractivity contribution in [3.63, 3.8) is 0 Å². The van der Waals surface area contributed by atoms with E-state index in [2.05, 4.69) is 26.7 Å². The Morgan fingerprint density at radius 2 is 1.42 bits per heavy atom. The highest BCUT2D eigenvalue weighted by molar-refractivity contribution is 7.98. The second kappa shape index (κ2) is 22.6. The molecule has 0 aromatic heterocycles. The predicted octanol–water partition coefficient (Wildman–Crippen LogP) is 0.547. The van der Waals surface area contributed by atoms with Gasteiger partial charge in [0, 0.05) is 25.8 Å². The van der Waals surface area contributed by atoms with E-state index in [9.17, 15) is 33.6 Å². The number of nitrogens with two attached hydrogens (primary N) is 3. The van der Waals surface area contributed by atoms with Crippen molar-refractivity contribution >= 4 is 63.9 Å². The summed E-state index contributed by atoms with van der Waals surface area (Å²) in [6.07, 6.45) is 2.65. The molecule has 0 spiro atoms. The maximum atomic E-state index is 14.3. The second-order valence-corrected chi connectivity index (χ2v) is 16.1. The van der Waals surface area contributed by atoms with Gasteiger partial charge in [0.2, 0.25) is 35.4 Å². The zero-order valence-corrected chi connectivity index (χ0v) is 34.6. The van der Waals surface area contributed by atoms with Gasteiger partial charge < -0.3 is 37.6 Å². The lowest BCUT2D eigenvalue weighted by Crippen LogP contribution is -2.58. The van der Waals surface area contributed by atoms with E-state index in [1.807, 2.05) is 68.6 Å². The van der Waals surface area contributed by atoms with Gasteiger partial charge in [0.1, 0.15) is 30.2 Å². The molecule has 3 aromatic rings. The highest BCUT2D eigenvalue weighted by atomic mass is 32.2. The van der Waals surface area contributed by atoms with Gasteiger partial charge in [-0.1, -0.05) is 86.6 Å². The van der Waals surface area contributed by atoms with E-state index in [1.54, 1.807) is 24.3 Å². The van der Waals surface area contributed by atoms with Crippen molar-refractivity contribution in [1.29, 1.82) is 0 Å². The van der Waals surface area contributed by atoms with Crippen molar-refractivity contribution in [2.24, 2.45) is 23.2 Å². The molecule has 1 heterocycles. The number of primary amides is 1. The van der Waals surface area contributed by atoms with Crippen molar-refractivity contribution in [1.82, 2.24) is 31.6 Å². The first-order valence-corrected chi connectivity index (χ1v) is 21.2. The maximum absolute atomic E-state index is 14.3. The highest BCUT2D eigenvalue weighted by Crippen LogP contribution is 2.22. The molecule has 1 fully saturated rings. The Bertz CT molecular complexity index is 1940. The van der Waals surface area contributed by atoms with Crippen LogP contribution < -0.4 is 44.0 Å². The van der Waals surface area contributed by atoms with Gasteiger partial charge >= 0.3 is 0 Å². The van der Waals surface area contributed by atoms with Crippen LogP contribution in [0.25, 0.3) is 10.8 Å². The van der Waals surface area contributed by atoms with Gasteiger partial charge in [-0.2, -0.15) is 11.8 Å². The summed E-state index contributed by atoms with van der Waals surface area (Å²) in [5.74, 6) is 1.84. The summed E-state index contributed by atoms with van der Waals surface area (Å²) in [5.41, 5.74) is 14.9. The first kappa shape index (κ1) is 46.2. The minimum absolute atomic E-state index is 0.00523. The van der Waals surface area contributed by atoms with E-state index >= 15 is 0 Å². The van der Waals surface area contributed by atoms with Crippen LogP contribution in [0, 0.1) is 5.92 Å². The Balaban J connectivity index is 1.57. The first-order valence-electron chi connectivity index (χ1n) is 19.8. The van der Waals surface area contributed by atoms with Gasteiger partial charge in [-0.3, -0.25) is 39.0 Å². The molecule has 59 heavy (non-hydrogen) atoms. The summed E-state index contributed by atoms with van der Waals surface area (Å²) in [4.78, 5) is 94.7. The fourth-order valence-electron chi connectivity index (χ4n) is 7.05. The number of hydrogen-bond acceptors (Lipinski definition) is 10. The summed E-state index contributed by atoms with van der Waals surface area (Å²) in [5, 5.41) is 12.9. The molecule has 11 N–H and O–H groups in total. The van der Waals surface area contributed by atoms with Gasteiger partial charge in [0.05, 0.1) is 6.04 Å². The van der Waals surface area contributed by atoms with E-state index < -0.39 is 77.6 Å². The third kappa shape index (κ3) is 13.5. The van der Waals surface area contributed by atoms with E-state index in [0.717, 1.165) is 21.9 Å². The number of carbonyl (C=O) groups excluding carboxylic acids is 7. The smallest absolute Gasteiger partial charge is 0.256 e. The maximum Gasteiger partial charge on any atom is 0.256 e. The number of fused-ring (bicyclic) bond motifs is 1. The molecule has 0 aliphatic carbocycles. The van der Waals surface area contributed by atoms with Crippen molar-refractivity contribution in [3.8, 4) is 0 Å². The molecular formula is C42H57N9O7S. The average Bonchev–Trinajstić information content (AvgIpc) is 3.58. The van der Waals surface area contributed by atoms with Crippen LogP contribution in [-0.4, -0.2) is 101 Å². The largest absolute Gasteiger partial charge is 0.370 e. The van der Waals surface area contributed by atoms with Crippen molar-refractivity contribution in [3.05, 3.63) is 83.9 Å². The van der Waals surface area contributed by atoms with E-state index in [4.69, 9.17) is 17.3 Å². The summed E-state index contributed by atoms with van der Waals surface area (Å²) >= 11 is 1.51. The van der Waals surface area contributed by atoms with Crippen molar-refractivity contribution in [2.75, 3.05) is 18.6 Å². The molecule has 7 amide bonds. The number of carbonyl (C=O) groups is 7. The lowest BCUT2D eigenvalue weighted by molar-refractivity contribution is -0.141. The topological polar surface area (TPSA) is 261 Å². The summed E-state index contributed by atoms with van der Waals surface area (Å²) < 4.78 is 0. The Hall–Kier alpha value is -5.52. The lowest BCUT2D eigenvalue weighted by atomic mass is 9.97. The average molecular weight is 832 g/mol. The van der Waals surface area contributed by atoms with Gasteiger partial charge in [-0.05, 0) is 65.5 Å². The molecule has 1 aliphatic heterocycles. The van der Waals surface area contributed by atoms with E-state index in [-0.39, 0.29) is 44.6 Å². The fourth-order valence-corrected chi connectivity index (χ4v) is 7.52. The van der Waals surface area contributed by atoms with Crippen LogP contribution in [-0.2, 0) is 46.4 Å². The first-order chi connectivity index (χ1) is 28.2. The standard InChI is InChI=1S/C42H57N9O7S/c1-25(2)22-35(41(57)46-31(19-21-59-3)40(56)50-45)51-20-18-32(42(51)58)47-38(54)33(23-26-10-5-4-6-11-26)49-39(55)34(48-37(53)30(43)16-17-36(44)52)24-28-14-9-13-27-12-7-8-15-29(27)28/h4-15,25,30-35H,16-24,43,45H2,1-3H3,(H2,44,52)(H,46,57)(H,47,54)(H,48,53)(H,49,55)(H,50,56)/t30-,31-,32+,33-,34-,35-/m0/s1. The fraction of sp³-hybridized carbons (Fsp3) is 0.452. The predicted molar refractivity (Wildman–Crippen MR) is 227 cm³/mol. The molecule has 0 unspecified atom stereocenters. The number of nitrogens with zero attached hydrogens (tertiary/aromatic N) is 1. The van der Waals surface area contributed by atoms with Crippen LogP contribution >= 0.6 is 11.8 Å². The third-order valence-corrected chi connectivity index (χ3v) is 10.9. The van der Waals surface area contributed by atoms with Crippen molar-refractivity contribution < 1.29 is 33.6 Å². The van der Waals surface area contributed by atoms with Gasteiger partial charge in [0.25, 0.3) is 5.91 Å². The van der Waals surface area contributed by atoms with Crippen LogP contribution in [0.5, 0.6) is 0 Å². The second-order valence-electron chi connectivity index (χ2n) is 15.1. The summed E-state index contributed by atoms with van der Waals surface area (Å²) in [7, 11) is 0. The van der Waals surface area contributed by atoms with Crippen LogP contribution in [0.15, 0.2) is 72.8 Å². The number of benzene rings is 3. The van der Waals surface area contributed by atoms with Crippen molar-refractivity contribution in [2.45, 2.75) is 95.0 Å². The van der Waals surface area contributed by atoms with Gasteiger partial charge in [0.15, 0.2) is 0 Å². The number of hydrazine groups is 1. The third-order valence-electron chi connectivity index (χ3n) is 10.2. The Morgan fingerprint density at radius 3 is 2.10 bits per heavy atom. The number of likely N-dealkylation sites (tertiary alicyclic amines) is 1. The van der Waals surface area contributed by atoms with Crippen LogP contribution in [0.4, 0.5) is 0 Å². The molecule has 4 rings (SSSR count). The Labute approximate surface area is 348 Å². The summed E-state index contributed by atoms with van der Waals surface area (Å²) in [6.45, 7) is 4.00. The zero-order chi connectivity index (χ0) is 43.1. The van der Waals surface area contributed by atoms with Crippen LogP contribution in [0.3, 0.4) is 0 Å². The monoisotopic (exact) mass is 831 g/mol. The summed E-state index contributed by atoms with van der Waals surface area (Å²) in [6, 6.07) is 15.9. The van der Waals surface area contributed by atoms with Crippen LogP contribution in [0.1, 0.15) is 57.1 Å². The number of thioether (sulfide) groups is 1. The molecule has 0 saturated carbocycles. The number of amides is 7. The zero-order valence-electron chi connectivity index (χ0n) is 33.8. The van der Waals surface area contributed by atoms with E-state index in [1.165, 1.54) is 16.7 Å². The highest BCUT2D eigenvalue weighted by Gasteiger charge is 2.41. The molecule has 318 valence electrons. The minimum Gasteiger partial charge on any atom is -0.370 e. The normalized spacial score (nSPS) is 16.4. The minimum atomic E-state index is -1.20. The Morgan fingerprint density at radius 1 is 0.780 bits per heavy atom. The molecule has 0 radical (unpaired) electrons. The SMILES string of the molecule is CSCC[C@H](NC(=O)[C@H](CC(C)C)N1CC[C@@H](NC(=O)[C@H](Cc2ccccc2)NC(=O)[C@H](Cc2cccc3ccccc23)NC(=O)[C@@H](N)CCC(N)=O)C1=O)C(=O)NN. The van der Waals surface area contributed by atoms with Crippen LogP contribution in [0.2, 0.25) is 0 Å². The number of hydrogen-bond donors (Lipinski definition) is 8. The molecule has 0 bridgehead atoms. The molecule has 6 atom stereocenters. The molecule has 17 heteroatoms. The molecule has 16 nitrogen and oxygen atoms in total. The molecular weight excluding hydrogens is 775 g/mol. The van der Waals surface area contributed by atoms with Gasteiger partial charge in [-0.15, -0.1) is 0 Å². The number of rotatable bonds is 22. The van der Waals surface area contributed by atoms with E-state index in [0.29, 0.717) is 18.6 Å². The quantitative estimate of drug-likeness (QED) is 0.0396. The number of nitrogens with one attached hydrogen (secondary N) is 5. The molecule has 3 aromatic carbocycles. The van der Waals surface area contributed by atoms with Gasteiger partial charge in [-0.25, -0.2) is 5.84 Å². The lowest BCUT2D eigenvalue weighted by Gasteiger charge is -2.30.